The summed E-state index contributed by atoms with van der Waals surface area (Å²) < 4.78 is 7.33. The largest absolute Gasteiger partial charge is 0.497 e. The van der Waals surface area contributed by atoms with E-state index in [1.165, 1.54) is 17.5 Å². The van der Waals surface area contributed by atoms with Crippen LogP contribution in [0.15, 0.2) is 42.7 Å². The highest BCUT2D eigenvalue weighted by atomic mass is 16.5. The van der Waals surface area contributed by atoms with Crippen molar-refractivity contribution in [1.29, 1.82) is 0 Å². The Morgan fingerprint density at radius 2 is 2.06 bits per heavy atom. The van der Waals surface area contributed by atoms with Gasteiger partial charge in [0.05, 0.1) is 7.11 Å². The predicted octanol–water partition coefficient (Wildman–Crippen LogP) is 2.60. The molecular weight excluding hydrogens is 224 g/mol. The predicted molar refractivity (Wildman–Crippen MR) is 72.6 cm³/mol. The molecule has 1 aromatic carbocycles. The van der Waals surface area contributed by atoms with Gasteiger partial charge in [0.25, 0.3) is 0 Å². The molecule has 1 N–H and O–H groups in total. The highest BCUT2D eigenvalue weighted by Crippen LogP contribution is 2.25. The van der Waals surface area contributed by atoms with E-state index in [-0.39, 0.29) is 0 Å². The summed E-state index contributed by atoms with van der Waals surface area (Å²) in [6.07, 6.45) is 7.46. The fourth-order valence-electron chi connectivity index (χ4n) is 2.60. The summed E-state index contributed by atoms with van der Waals surface area (Å²) in [5.41, 5.74) is 6.38. The second-order valence-corrected chi connectivity index (χ2v) is 4.79. The van der Waals surface area contributed by atoms with E-state index in [1.54, 1.807) is 7.11 Å². The van der Waals surface area contributed by atoms with Crippen molar-refractivity contribution in [2.24, 2.45) is 0 Å². The van der Waals surface area contributed by atoms with E-state index >= 15 is 0 Å². The highest BCUT2D eigenvalue weighted by Gasteiger charge is 2.18. The summed E-state index contributed by atoms with van der Waals surface area (Å²) >= 11 is 0. The minimum Gasteiger partial charge on any atom is -0.497 e. The van der Waals surface area contributed by atoms with Gasteiger partial charge in [-0.1, -0.05) is 6.07 Å². The number of ether oxygens (including phenoxy) is 1. The van der Waals surface area contributed by atoms with Crippen LogP contribution in [0, 0.1) is 0 Å². The van der Waals surface area contributed by atoms with Gasteiger partial charge in [-0.2, -0.15) is 0 Å². The summed E-state index contributed by atoms with van der Waals surface area (Å²) in [6, 6.07) is 11.0. The van der Waals surface area contributed by atoms with Gasteiger partial charge < -0.3 is 10.2 Å². The van der Waals surface area contributed by atoms with Crippen LogP contribution in [0.2, 0.25) is 0 Å². The molecule has 0 saturated carbocycles. The van der Waals surface area contributed by atoms with Crippen LogP contribution in [0.5, 0.6) is 5.75 Å². The third-order valence-electron chi connectivity index (χ3n) is 3.58. The highest BCUT2D eigenvalue weighted by molar-refractivity contribution is 5.38. The average molecular weight is 242 g/mol. The van der Waals surface area contributed by atoms with Crippen LogP contribution in [-0.2, 0) is 12.8 Å². The molecule has 94 valence electrons. The molecule has 1 aliphatic carbocycles. The smallest absolute Gasteiger partial charge is 0.119 e. The molecule has 1 aliphatic rings. The lowest BCUT2D eigenvalue weighted by Gasteiger charge is -2.27. The summed E-state index contributed by atoms with van der Waals surface area (Å²) in [6.45, 7) is 0. The maximum atomic E-state index is 5.30. The molecule has 2 aromatic rings. The van der Waals surface area contributed by atoms with Gasteiger partial charge in [-0.15, -0.1) is 0 Å². The zero-order valence-corrected chi connectivity index (χ0v) is 10.6. The maximum absolute atomic E-state index is 5.30. The first-order chi connectivity index (χ1) is 8.85. The van der Waals surface area contributed by atoms with Crippen LogP contribution < -0.4 is 10.2 Å². The number of nitrogens with zero attached hydrogens (tertiary/aromatic N) is 1. The lowest BCUT2D eigenvalue weighted by Crippen LogP contribution is -2.32. The molecule has 3 heteroatoms. The number of nitrogens with one attached hydrogen (secondary N) is 1. The minimum atomic E-state index is 0.497. The van der Waals surface area contributed by atoms with Gasteiger partial charge in [0.1, 0.15) is 5.75 Å². The number of fused-ring (bicyclic) bond motifs is 1. The number of aryl methyl sites for hydroxylation is 1. The van der Waals surface area contributed by atoms with Crippen molar-refractivity contribution >= 4 is 0 Å². The molecule has 0 fully saturated rings. The molecule has 3 nitrogen and oxygen atoms in total. The van der Waals surface area contributed by atoms with Crippen LogP contribution in [0.1, 0.15) is 17.5 Å². The zero-order valence-electron chi connectivity index (χ0n) is 10.6. The molecule has 0 aliphatic heterocycles. The van der Waals surface area contributed by atoms with Crippen molar-refractivity contribution in [2.75, 3.05) is 12.5 Å². The topological polar surface area (TPSA) is 26.2 Å². The molecule has 0 amide bonds. The van der Waals surface area contributed by atoms with E-state index in [1.807, 2.05) is 29.2 Å². The summed E-state index contributed by atoms with van der Waals surface area (Å²) in [5, 5.41) is 0. The van der Waals surface area contributed by atoms with E-state index in [9.17, 15) is 0 Å². The van der Waals surface area contributed by atoms with Gasteiger partial charge in [0.15, 0.2) is 0 Å². The van der Waals surface area contributed by atoms with Crippen molar-refractivity contribution in [1.82, 2.24) is 4.68 Å². The van der Waals surface area contributed by atoms with Crippen LogP contribution in [-0.4, -0.2) is 17.8 Å². The summed E-state index contributed by atoms with van der Waals surface area (Å²) in [4.78, 5) is 0. The molecule has 18 heavy (non-hydrogen) atoms. The monoisotopic (exact) mass is 242 g/mol. The van der Waals surface area contributed by atoms with Crippen molar-refractivity contribution in [3.05, 3.63) is 53.9 Å². The molecule has 0 spiro atoms. The van der Waals surface area contributed by atoms with Gasteiger partial charge in [-0.3, -0.25) is 4.68 Å². The molecule has 1 heterocycles. The lowest BCUT2D eigenvalue weighted by molar-refractivity contribution is 0.413. The lowest BCUT2D eigenvalue weighted by atomic mass is 9.88. The Bertz CT molecular complexity index is 519. The fraction of sp³-hybridized carbons (Fsp3) is 0.333. The van der Waals surface area contributed by atoms with Gasteiger partial charge in [-0.05, 0) is 54.7 Å². The number of benzene rings is 1. The van der Waals surface area contributed by atoms with Crippen molar-refractivity contribution < 1.29 is 4.74 Å². The van der Waals surface area contributed by atoms with E-state index in [0.717, 1.165) is 18.6 Å². The Balaban J connectivity index is 1.75. The first-order valence-electron chi connectivity index (χ1n) is 6.40. The third kappa shape index (κ3) is 2.21. The Labute approximate surface area is 107 Å². The molecule has 0 radical (unpaired) electrons. The Hall–Kier alpha value is -1.90. The van der Waals surface area contributed by atoms with Gasteiger partial charge in [0.2, 0.25) is 0 Å². The van der Waals surface area contributed by atoms with Crippen molar-refractivity contribution in [3.63, 3.8) is 0 Å². The SMILES string of the molecule is COc1ccc2c(c1)CC(Nn1cccc1)CC2. The van der Waals surface area contributed by atoms with Crippen molar-refractivity contribution in [2.45, 2.75) is 25.3 Å². The summed E-state index contributed by atoms with van der Waals surface area (Å²) in [7, 11) is 1.72. The van der Waals surface area contributed by atoms with Crippen LogP contribution >= 0.6 is 0 Å². The van der Waals surface area contributed by atoms with E-state index in [2.05, 4.69) is 23.6 Å². The quantitative estimate of drug-likeness (QED) is 0.895. The normalized spacial score (nSPS) is 18.2. The van der Waals surface area contributed by atoms with Crippen LogP contribution in [0.25, 0.3) is 0 Å². The first kappa shape index (κ1) is 11.2. The fourth-order valence-corrected chi connectivity index (χ4v) is 2.60. The van der Waals surface area contributed by atoms with Gasteiger partial charge >= 0.3 is 0 Å². The zero-order chi connectivity index (χ0) is 12.4. The van der Waals surface area contributed by atoms with Crippen molar-refractivity contribution in [3.8, 4) is 5.75 Å². The Morgan fingerprint density at radius 1 is 1.22 bits per heavy atom. The number of rotatable bonds is 3. The van der Waals surface area contributed by atoms with Gasteiger partial charge in [0, 0.05) is 18.4 Å². The average Bonchev–Trinajstić information content (AvgIpc) is 2.90. The van der Waals surface area contributed by atoms with Crippen LogP contribution in [0.3, 0.4) is 0 Å². The van der Waals surface area contributed by atoms with E-state index < -0.39 is 0 Å². The number of hydrogen-bond donors (Lipinski definition) is 1. The molecular formula is C15H18N2O. The molecule has 0 bridgehead atoms. The van der Waals surface area contributed by atoms with Crippen LogP contribution in [0.4, 0.5) is 0 Å². The van der Waals surface area contributed by atoms with E-state index in [4.69, 9.17) is 4.74 Å². The van der Waals surface area contributed by atoms with Gasteiger partial charge in [-0.25, -0.2) is 0 Å². The second kappa shape index (κ2) is 4.77. The molecule has 3 rings (SSSR count). The Morgan fingerprint density at radius 3 is 2.83 bits per heavy atom. The first-order valence-corrected chi connectivity index (χ1v) is 6.40. The third-order valence-corrected chi connectivity index (χ3v) is 3.58. The number of methoxy groups -OCH3 is 1. The molecule has 1 aromatic heterocycles. The molecule has 1 unspecified atom stereocenters. The van der Waals surface area contributed by atoms with E-state index in [0.29, 0.717) is 6.04 Å². The molecule has 1 atom stereocenters. The number of hydrogen-bond acceptors (Lipinski definition) is 2. The standard InChI is InChI=1S/C15H18N2O/c1-18-15-7-5-12-4-6-14(10-13(12)11-15)16-17-8-2-3-9-17/h2-3,5,7-9,11,14,16H,4,6,10H2,1H3. The minimum absolute atomic E-state index is 0.497. The summed E-state index contributed by atoms with van der Waals surface area (Å²) in [5.74, 6) is 0.954. The molecule has 0 saturated heterocycles. The Kier molecular flexibility index (Phi) is 2.97. The maximum Gasteiger partial charge on any atom is 0.119 e. The number of aromatic nitrogens is 1. The second-order valence-electron chi connectivity index (χ2n) is 4.79.